The van der Waals surface area contributed by atoms with Crippen LogP contribution in [0.15, 0.2) is 6.07 Å². The second kappa shape index (κ2) is 5.62. The number of hydrogen-bond acceptors (Lipinski definition) is 6. The van der Waals surface area contributed by atoms with E-state index in [1.165, 1.54) is 0 Å². The van der Waals surface area contributed by atoms with Gasteiger partial charge in [-0.15, -0.1) is 11.3 Å². The number of aromatic nitrogens is 2. The zero-order valence-corrected chi connectivity index (χ0v) is 12.9. The zero-order valence-electron chi connectivity index (χ0n) is 12.1. The molecule has 1 unspecified atom stereocenters. The number of hydrogen-bond donors (Lipinski definition) is 2. The zero-order chi connectivity index (χ0) is 14.9. The molecule has 3 N–H and O–H groups in total. The van der Waals surface area contributed by atoms with Gasteiger partial charge in [0.1, 0.15) is 10.6 Å². The lowest BCUT2D eigenvalue weighted by molar-refractivity contribution is -0.123. The van der Waals surface area contributed by atoms with E-state index in [0.717, 1.165) is 20.9 Å². The Morgan fingerprint density at radius 2 is 2.25 bits per heavy atom. The van der Waals surface area contributed by atoms with E-state index < -0.39 is 0 Å². The van der Waals surface area contributed by atoms with Crippen molar-refractivity contribution in [3.8, 4) is 0 Å². The number of carbonyl (C=O) groups excluding carboxylic acids is 1. The smallest absolute Gasteiger partial charge is 0.224 e. The molecule has 6 nitrogen and oxygen atoms in total. The molecule has 0 bridgehead atoms. The fraction of sp³-hybridized carbons (Fsp3) is 0.462. The first-order chi connectivity index (χ1) is 9.42. The van der Waals surface area contributed by atoms with E-state index in [0.29, 0.717) is 6.54 Å². The van der Waals surface area contributed by atoms with Crippen LogP contribution in [0.2, 0.25) is 0 Å². The molecule has 2 rings (SSSR count). The van der Waals surface area contributed by atoms with E-state index in [2.05, 4.69) is 21.4 Å². The van der Waals surface area contributed by atoms with Crippen LogP contribution in [-0.2, 0) is 4.79 Å². The number of nitrogen functional groups attached to an aromatic ring is 1. The van der Waals surface area contributed by atoms with E-state index >= 15 is 0 Å². The third-order valence-electron chi connectivity index (χ3n) is 3.12. The molecule has 0 aliphatic rings. The molecule has 2 heterocycles. The van der Waals surface area contributed by atoms with Gasteiger partial charge in [-0.3, -0.25) is 4.79 Å². The van der Waals surface area contributed by atoms with Crippen molar-refractivity contribution in [1.82, 2.24) is 15.3 Å². The van der Waals surface area contributed by atoms with Gasteiger partial charge < -0.3 is 16.0 Å². The van der Waals surface area contributed by atoms with Crippen LogP contribution in [0.5, 0.6) is 0 Å². The minimum atomic E-state index is -0.129. The van der Waals surface area contributed by atoms with Crippen LogP contribution in [0, 0.1) is 12.8 Å². The molecule has 2 aromatic heterocycles. The summed E-state index contributed by atoms with van der Waals surface area (Å²) in [6.45, 7) is 4.48. The molecule has 20 heavy (non-hydrogen) atoms. The van der Waals surface area contributed by atoms with Gasteiger partial charge in [-0.05, 0) is 13.0 Å². The highest BCUT2D eigenvalue weighted by Crippen LogP contribution is 2.30. The van der Waals surface area contributed by atoms with Crippen LogP contribution in [0.25, 0.3) is 10.2 Å². The van der Waals surface area contributed by atoms with Crippen molar-refractivity contribution in [3.63, 3.8) is 0 Å². The molecule has 0 saturated heterocycles. The molecule has 0 radical (unpaired) electrons. The second-order valence-electron chi connectivity index (χ2n) is 4.88. The lowest BCUT2D eigenvalue weighted by atomic mass is 10.1. The standard InChI is InChI=1S/C13H19N5OS/c1-7(11(19)15-3)6-18(4)10-9-5-8(2)20-12(9)17-13(14)16-10/h5,7H,6H2,1-4H3,(H,15,19)(H2,14,16,17). The average Bonchev–Trinajstić information content (AvgIpc) is 2.76. The quantitative estimate of drug-likeness (QED) is 0.890. The molecular formula is C13H19N5OS. The van der Waals surface area contributed by atoms with E-state index in [1.807, 2.05) is 25.8 Å². The van der Waals surface area contributed by atoms with E-state index in [1.54, 1.807) is 18.4 Å². The summed E-state index contributed by atoms with van der Waals surface area (Å²) in [6.07, 6.45) is 0. The molecule has 0 spiro atoms. The highest BCUT2D eigenvalue weighted by molar-refractivity contribution is 7.18. The molecule has 0 aliphatic carbocycles. The first kappa shape index (κ1) is 14.5. The van der Waals surface area contributed by atoms with Crippen molar-refractivity contribution in [1.29, 1.82) is 0 Å². The third-order valence-corrected chi connectivity index (χ3v) is 4.06. The van der Waals surface area contributed by atoms with Crippen molar-refractivity contribution < 1.29 is 4.79 Å². The van der Waals surface area contributed by atoms with Crippen LogP contribution < -0.4 is 16.0 Å². The van der Waals surface area contributed by atoms with Gasteiger partial charge in [0.05, 0.1) is 11.3 Å². The van der Waals surface area contributed by atoms with Crippen molar-refractivity contribution >= 4 is 39.2 Å². The van der Waals surface area contributed by atoms with Gasteiger partial charge in [0.2, 0.25) is 11.9 Å². The Kier molecular flexibility index (Phi) is 4.08. The van der Waals surface area contributed by atoms with Crippen molar-refractivity contribution in [2.24, 2.45) is 5.92 Å². The maximum Gasteiger partial charge on any atom is 0.224 e. The summed E-state index contributed by atoms with van der Waals surface area (Å²) in [5.41, 5.74) is 5.77. The summed E-state index contributed by atoms with van der Waals surface area (Å²) in [4.78, 5) is 24.2. The Balaban J connectivity index is 2.34. The Hall–Kier alpha value is -1.89. The van der Waals surface area contributed by atoms with Crippen LogP contribution in [0.4, 0.5) is 11.8 Å². The first-order valence-electron chi connectivity index (χ1n) is 6.38. The van der Waals surface area contributed by atoms with Crippen LogP contribution >= 0.6 is 11.3 Å². The van der Waals surface area contributed by atoms with Crippen LogP contribution in [0.3, 0.4) is 0 Å². The predicted molar refractivity (Wildman–Crippen MR) is 83.1 cm³/mol. The molecule has 108 valence electrons. The second-order valence-corrected chi connectivity index (χ2v) is 6.11. The van der Waals surface area contributed by atoms with Gasteiger partial charge >= 0.3 is 0 Å². The number of nitrogens with two attached hydrogens (primary N) is 1. The first-order valence-corrected chi connectivity index (χ1v) is 7.20. The van der Waals surface area contributed by atoms with E-state index in [9.17, 15) is 4.79 Å². The maximum atomic E-state index is 11.6. The molecule has 7 heteroatoms. The summed E-state index contributed by atoms with van der Waals surface area (Å²) in [5, 5.41) is 3.63. The molecule has 0 fully saturated rings. The monoisotopic (exact) mass is 293 g/mol. The topological polar surface area (TPSA) is 84.1 Å². The SMILES string of the molecule is CNC(=O)C(C)CN(C)c1nc(N)nc2sc(C)cc12. The maximum absolute atomic E-state index is 11.6. The Morgan fingerprint density at radius 3 is 2.90 bits per heavy atom. The summed E-state index contributed by atoms with van der Waals surface area (Å²) in [7, 11) is 3.55. The molecule has 2 aromatic rings. The molecule has 0 aliphatic heterocycles. The average molecular weight is 293 g/mol. The van der Waals surface area contributed by atoms with Gasteiger partial charge in [-0.25, -0.2) is 4.98 Å². The van der Waals surface area contributed by atoms with Gasteiger partial charge in [-0.2, -0.15) is 4.98 Å². The number of fused-ring (bicyclic) bond motifs is 1. The molecule has 0 aromatic carbocycles. The van der Waals surface area contributed by atoms with Crippen molar-refractivity contribution in [2.45, 2.75) is 13.8 Å². The lowest BCUT2D eigenvalue weighted by Crippen LogP contribution is -2.34. The number of carbonyl (C=O) groups is 1. The van der Waals surface area contributed by atoms with Gasteiger partial charge in [0.15, 0.2) is 0 Å². The van der Waals surface area contributed by atoms with Crippen LogP contribution in [-0.4, -0.2) is 36.5 Å². The minimum Gasteiger partial charge on any atom is -0.368 e. The van der Waals surface area contributed by atoms with Crippen LogP contribution in [0.1, 0.15) is 11.8 Å². The highest BCUT2D eigenvalue weighted by Gasteiger charge is 2.18. The summed E-state index contributed by atoms with van der Waals surface area (Å²) in [6, 6.07) is 2.05. The molecular weight excluding hydrogens is 274 g/mol. The van der Waals surface area contributed by atoms with E-state index in [4.69, 9.17) is 5.73 Å². The van der Waals surface area contributed by atoms with Gasteiger partial charge in [0, 0.05) is 25.5 Å². The number of amides is 1. The summed E-state index contributed by atoms with van der Waals surface area (Å²) < 4.78 is 0. The number of nitrogens with zero attached hydrogens (tertiary/aromatic N) is 3. The fourth-order valence-electron chi connectivity index (χ4n) is 2.16. The van der Waals surface area contributed by atoms with Crippen molar-refractivity contribution in [3.05, 3.63) is 10.9 Å². The van der Waals surface area contributed by atoms with E-state index in [-0.39, 0.29) is 17.8 Å². The van der Waals surface area contributed by atoms with Gasteiger partial charge in [0.25, 0.3) is 0 Å². The number of nitrogens with one attached hydrogen (secondary N) is 1. The summed E-state index contributed by atoms with van der Waals surface area (Å²) >= 11 is 1.59. The predicted octanol–water partition coefficient (Wildman–Crippen LogP) is 1.40. The normalized spacial score (nSPS) is 12.4. The molecule has 1 atom stereocenters. The number of anilines is 2. The molecule has 1 amide bonds. The number of rotatable bonds is 4. The lowest BCUT2D eigenvalue weighted by Gasteiger charge is -2.22. The Morgan fingerprint density at radius 1 is 1.55 bits per heavy atom. The Bertz CT molecular complexity index is 639. The number of thiophene rings is 1. The number of aryl methyl sites for hydroxylation is 1. The van der Waals surface area contributed by atoms with Gasteiger partial charge in [-0.1, -0.05) is 6.92 Å². The largest absolute Gasteiger partial charge is 0.368 e. The minimum absolute atomic E-state index is 0.0108. The Labute approximate surface area is 122 Å². The summed E-state index contributed by atoms with van der Waals surface area (Å²) in [5.74, 6) is 0.911. The fourth-order valence-corrected chi connectivity index (χ4v) is 3.04. The van der Waals surface area contributed by atoms with Crippen molar-refractivity contribution in [2.75, 3.05) is 31.3 Å². The molecule has 0 saturated carbocycles. The highest BCUT2D eigenvalue weighted by atomic mass is 32.1. The third kappa shape index (κ3) is 2.82.